The first-order valence-corrected chi connectivity index (χ1v) is 10.9. The maximum absolute atomic E-state index is 5.75. The Morgan fingerprint density at radius 2 is 1.93 bits per heavy atom. The highest BCUT2D eigenvalue weighted by Crippen LogP contribution is 2.45. The average Bonchev–Trinajstić information content (AvgIpc) is 2.69. The van der Waals surface area contributed by atoms with Gasteiger partial charge in [0.25, 0.3) is 0 Å². The lowest BCUT2D eigenvalue weighted by molar-refractivity contribution is 0.129. The van der Waals surface area contributed by atoms with Crippen LogP contribution in [0, 0.1) is 5.92 Å². The molecule has 152 valence electrons. The normalized spacial score (nSPS) is 19.6. The van der Waals surface area contributed by atoms with Crippen LogP contribution in [-0.4, -0.2) is 35.1 Å². The Balaban J connectivity index is 2.11. The van der Waals surface area contributed by atoms with Gasteiger partial charge in [-0.1, -0.05) is 46.1 Å². The van der Waals surface area contributed by atoms with Crippen molar-refractivity contribution in [1.82, 2.24) is 14.9 Å². The molecule has 2 aromatic rings. The predicted molar refractivity (Wildman–Crippen MR) is 116 cm³/mol. The SMILES string of the molecule is CCCC1(C(CC)CC)CN(C)Cc2nc(-c3cccnc3OCC)ccc21. The van der Waals surface area contributed by atoms with Crippen molar-refractivity contribution in [3.8, 4) is 17.1 Å². The molecule has 4 nitrogen and oxygen atoms in total. The minimum Gasteiger partial charge on any atom is -0.477 e. The summed E-state index contributed by atoms with van der Waals surface area (Å²) in [5.74, 6) is 1.35. The quantitative estimate of drug-likeness (QED) is 0.608. The van der Waals surface area contributed by atoms with Crippen LogP contribution in [0.15, 0.2) is 30.5 Å². The Labute approximate surface area is 170 Å². The van der Waals surface area contributed by atoms with Gasteiger partial charge in [-0.2, -0.15) is 0 Å². The molecule has 0 fully saturated rings. The Morgan fingerprint density at radius 1 is 1.14 bits per heavy atom. The molecule has 0 N–H and O–H groups in total. The Bertz CT molecular complexity index is 787. The van der Waals surface area contributed by atoms with E-state index >= 15 is 0 Å². The molecule has 1 aliphatic heterocycles. The van der Waals surface area contributed by atoms with Gasteiger partial charge in [0.05, 0.1) is 23.6 Å². The van der Waals surface area contributed by atoms with Crippen molar-refractivity contribution in [1.29, 1.82) is 0 Å². The van der Waals surface area contributed by atoms with E-state index in [9.17, 15) is 0 Å². The van der Waals surface area contributed by atoms with Crippen LogP contribution in [0.1, 0.15) is 64.6 Å². The minimum absolute atomic E-state index is 0.198. The van der Waals surface area contributed by atoms with Gasteiger partial charge in [-0.3, -0.25) is 9.88 Å². The lowest BCUT2D eigenvalue weighted by atomic mass is 9.63. The Kier molecular flexibility index (Phi) is 6.71. The van der Waals surface area contributed by atoms with Gasteiger partial charge in [0.15, 0.2) is 0 Å². The molecular formula is C24H35N3O. The van der Waals surface area contributed by atoms with E-state index in [2.05, 4.69) is 55.9 Å². The minimum atomic E-state index is 0.198. The maximum Gasteiger partial charge on any atom is 0.222 e. The number of nitrogens with zero attached hydrogens (tertiary/aromatic N) is 3. The smallest absolute Gasteiger partial charge is 0.222 e. The van der Waals surface area contributed by atoms with E-state index < -0.39 is 0 Å². The summed E-state index contributed by atoms with van der Waals surface area (Å²) in [5, 5.41) is 0. The van der Waals surface area contributed by atoms with Crippen LogP contribution in [0.5, 0.6) is 5.88 Å². The maximum atomic E-state index is 5.75. The highest BCUT2D eigenvalue weighted by Gasteiger charge is 2.43. The third-order valence-corrected chi connectivity index (χ3v) is 6.27. The van der Waals surface area contributed by atoms with E-state index in [1.807, 2.05) is 13.0 Å². The van der Waals surface area contributed by atoms with Crippen molar-refractivity contribution < 1.29 is 4.74 Å². The Hall–Kier alpha value is -1.94. The lowest BCUT2D eigenvalue weighted by Gasteiger charge is -2.47. The molecule has 0 saturated carbocycles. The number of hydrogen-bond donors (Lipinski definition) is 0. The summed E-state index contributed by atoms with van der Waals surface area (Å²) in [6.45, 7) is 11.6. The fourth-order valence-electron chi connectivity index (χ4n) is 5.22. The lowest BCUT2D eigenvalue weighted by Crippen LogP contribution is -2.49. The van der Waals surface area contributed by atoms with E-state index in [1.54, 1.807) is 6.20 Å². The van der Waals surface area contributed by atoms with Crippen LogP contribution in [0.4, 0.5) is 0 Å². The molecule has 1 aliphatic rings. The summed E-state index contributed by atoms with van der Waals surface area (Å²) >= 11 is 0. The molecule has 0 aromatic carbocycles. The van der Waals surface area contributed by atoms with Gasteiger partial charge in [0.2, 0.25) is 5.88 Å². The van der Waals surface area contributed by atoms with E-state index in [0.717, 1.165) is 24.3 Å². The Morgan fingerprint density at radius 3 is 2.61 bits per heavy atom. The third kappa shape index (κ3) is 3.80. The number of hydrogen-bond acceptors (Lipinski definition) is 4. The number of fused-ring (bicyclic) bond motifs is 1. The number of likely N-dealkylation sites (N-methyl/N-ethyl adjacent to an activating group) is 1. The van der Waals surface area contributed by atoms with Crippen molar-refractivity contribution in [2.75, 3.05) is 20.2 Å². The topological polar surface area (TPSA) is 38.2 Å². The molecule has 0 radical (unpaired) electrons. The molecule has 0 aliphatic carbocycles. The summed E-state index contributed by atoms with van der Waals surface area (Å²) < 4.78 is 5.75. The number of ether oxygens (including phenoxy) is 1. The van der Waals surface area contributed by atoms with Gasteiger partial charge < -0.3 is 4.74 Å². The number of rotatable bonds is 8. The number of pyridine rings is 2. The van der Waals surface area contributed by atoms with E-state index in [-0.39, 0.29) is 5.41 Å². The molecule has 3 heterocycles. The van der Waals surface area contributed by atoms with Gasteiger partial charge in [-0.15, -0.1) is 0 Å². The number of aromatic nitrogens is 2. The molecule has 1 unspecified atom stereocenters. The van der Waals surface area contributed by atoms with Gasteiger partial charge in [-0.25, -0.2) is 4.98 Å². The molecule has 0 saturated heterocycles. The largest absolute Gasteiger partial charge is 0.477 e. The van der Waals surface area contributed by atoms with Crippen molar-refractivity contribution >= 4 is 0 Å². The molecule has 2 aromatic heterocycles. The van der Waals surface area contributed by atoms with Crippen LogP contribution in [-0.2, 0) is 12.0 Å². The van der Waals surface area contributed by atoms with Gasteiger partial charge in [0.1, 0.15) is 0 Å². The average molecular weight is 382 g/mol. The van der Waals surface area contributed by atoms with Crippen LogP contribution in [0.25, 0.3) is 11.3 Å². The second kappa shape index (κ2) is 9.04. The van der Waals surface area contributed by atoms with Gasteiger partial charge in [-0.05, 0) is 50.1 Å². The van der Waals surface area contributed by atoms with Crippen LogP contribution in [0.2, 0.25) is 0 Å². The van der Waals surface area contributed by atoms with Crippen LogP contribution < -0.4 is 4.74 Å². The zero-order valence-corrected chi connectivity index (χ0v) is 18.2. The van der Waals surface area contributed by atoms with Crippen LogP contribution >= 0.6 is 0 Å². The van der Waals surface area contributed by atoms with E-state index in [1.165, 1.54) is 36.9 Å². The van der Waals surface area contributed by atoms with Crippen molar-refractivity contribution in [2.45, 2.75) is 65.3 Å². The monoisotopic (exact) mass is 381 g/mol. The summed E-state index contributed by atoms with van der Waals surface area (Å²) in [4.78, 5) is 12.0. The predicted octanol–water partition coefficient (Wildman–Crippen LogP) is 5.46. The first kappa shape index (κ1) is 20.8. The summed E-state index contributed by atoms with van der Waals surface area (Å²) in [5.41, 5.74) is 4.82. The van der Waals surface area contributed by atoms with Crippen molar-refractivity contribution in [3.05, 3.63) is 41.7 Å². The molecule has 28 heavy (non-hydrogen) atoms. The highest BCUT2D eigenvalue weighted by molar-refractivity contribution is 5.65. The first-order chi connectivity index (χ1) is 13.6. The fourth-order valence-corrected chi connectivity index (χ4v) is 5.22. The van der Waals surface area contributed by atoms with Crippen LogP contribution in [0.3, 0.4) is 0 Å². The standard InChI is InChI=1S/C24H35N3O/c1-6-14-24(18(7-2)8-3)17-27(5)16-22-20(24)12-13-21(26-22)19-11-10-15-25-23(19)28-9-4/h10-13,15,18H,6-9,14,16-17H2,1-5H3. The molecule has 3 rings (SSSR count). The molecule has 0 amide bonds. The summed E-state index contributed by atoms with van der Waals surface area (Å²) in [7, 11) is 2.24. The van der Waals surface area contributed by atoms with E-state index in [4.69, 9.17) is 9.72 Å². The van der Waals surface area contributed by atoms with Gasteiger partial charge in [0, 0.05) is 24.7 Å². The molecule has 1 atom stereocenters. The summed E-state index contributed by atoms with van der Waals surface area (Å²) in [6.07, 6.45) is 6.61. The van der Waals surface area contributed by atoms with Crippen molar-refractivity contribution in [2.24, 2.45) is 5.92 Å². The molecular weight excluding hydrogens is 346 g/mol. The zero-order chi connectivity index (χ0) is 20.1. The zero-order valence-electron chi connectivity index (χ0n) is 18.2. The van der Waals surface area contributed by atoms with Gasteiger partial charge >= 0.3 is 0 Å². The van der Waals surface area contributed by atoms with E-state index in [0.29, 0.717) is 18.4 Å². The third-order valence-electron chi connectivity index (χ3n) is 6.27. The fraction of sp³-hybridized carbons (Fsp3) is 0.583. The summed E-state index contributed by atoms with van der Waals surface area (Å²) in [6, 6.07) is 8.54. The second-order valence-electron chi connectivity index (χ2n) is 8.07. The molecule has 0 bridgehead atoms. The van der Waals surface area contributed by atoms with Crippen molar-refractivity contribution in [3.63, 3.8) is 0 Å². The molecule has 4 heteroatoms. The first-order valence-electron chi connectivity index (χ1n) is 10.9. The second-order valence-corrected chi connectivity index (χ2v) is 8.07. The highest BCUT2D eigenvalue weighted by atomic mass is 16.5. The molecule has 0 spiro atoms.